The number of rotatable bonds is 4. The maximum atomic E-state index is 5.65. The molecule has 2 aromatic rings. The smallest absolute Gasteiger partial charge is 0.322 e. The molecule has 0 saturated carbocycles. The van der Waals surface area contributed by atoms with Crippen LogP contribution >= 0.6 is 0 Å². The molecule has 0 aromatic carbocycles. The molecule has 7 heteroatoms. The van der Waals surface area contributed by atoms with E-state index in [-0.39, 0.29) is 18.1 Å². The zero-order chi connectivity index (χ0) is 13.8. The molecule has 2 heterocycles. The quantitative estimate of drug-likeness (QED) is 0.886. The van der Waals surface area contributed by atoms with Crippen molar-refractivity contribution in [1.29, 1.82) is 0 Å². The van der Waals surface area contributed by atoms with Crippen LogP contribution in [0.25, 0.3) is 11.4 Å². The lowest BCUT2D eigenvalue weighted by molar-refractivity contribution is 0.222. The second-order valence-electron chi connectivity index (χ2n) is 4.05. The Morgan fingerprint density at radius 2 is 2.00 bits per heavy atom. The summed E-state index contributed by atoms with van der Waals surface area (Å²) >= 11 is 0. The predicted octanol–water partition coefficient (Wildman–Crippen LogP) is 1.31. The van der Waals surface area contributed by atoms with Crippen molar-refractivity contribution in [3.8, 4) is 23.3 Å². The molecule has 0 fully saturated rings. The molecule has 0 unspecified atom stereocenters. The Kier molecular flexibility index (Phi) is 3.74. The fraction of sp³-hybridized carbons (Fsp3) is 0.333. The van der Waals surface area contributed by atoms with Crippen LogP contribution in [0.3, 0.4) is 0 Å². The van der Waals surface area contributed by atoms with Gasteiger partial charge in [0.05, 0.1) is 13.2 Å². The molecular weight excluding hydrogens is 246 g/mol. The van der Waals surface area contributed by atoms with Gasteiger partial charge in [0.15, 0.2) is 5.82 Å². The Morgan fingerprint density at radius 1 is 1.21 bits per heavy atom. The van der Waals surface area contributed by atoms with Crippen LogP contribution in [-0.2, 0) is 0 Å². The minimum atomic E-state index is -0.0402. The summed E-state index contributed by atoms with van der Waals surface area (Å²) < 4.78 is 10.5. The normalized spacial score (nSPS) is 10.5. The summed E-state index contributed by atoms with van der Waals surface area (Å²) in [6, 6.07) is 3.68. The number of pyridine rings is 1. The van der Waals surface area contributed by atoms with Crippen LogP contribution in [0.15, 0.2) is 18.3 Å². The molecule has 0 aliphatic carbocycles. The minimum Gasteiger partial charge on any atom is -0.481 e. The van der Waals surface area contributed by atoms with Gasteiger partial charge in [-0.15, -0.1) is 0 Å². The molecule has 0 atom stereocenters. The molecule has 0 spiro atoms. The number of nitrogens with zero attached hydrogens (tertiary/aromatic N) is 4. The topological polar surface area (TPSA) is 96.0 Å². The highest BCUT2D eigenvalue weighted by molar-refractivity contribution is 5.57. The van der Waals surface area contributed by atoms with E-state index in [0.717, 1.165) is 5.56 Å². The zero-order valence-corrected chi connectivity index (χ0v) is 11.0. The van der Waals surface area contributed by atoms with E-state index in [1.807, 2.05) is 13.8 Å². The van der Waals surface area contributed by atoms with Crippen LogP contribution in [0.1, 0.15) is 13.8 Å². The maximum absolute atomic E-state index is 5.65. The zero-order valence-electron chi connectivity index (χ0n) is 11.0. The van der Waals surface area contributed by atoms with Crippen LogP contribution in [0, 0.1) is 0 Å². The lowest BCUT2D eigenvalue weighted by Gasteiger charge is -2.09. The number of nitrogen functional groups attached to an aromatic ring is 1. The van der Waals surface area contributed by atoms with E-state index >= 15 is 0 Å². The van der Waals surface area contributed by atoms with Crippen LogP contribution in [0.4, 0.5) is 5.95 Å². The van der Waals surface area contributed by atoms with E-state index in [2.05, 4.69) is 19.9 Å². The van der Waals surface area contributed by atoms with Crippen molar-refractivity contribution in [2.75, 3.05) is 12.8 Å². The number of aromatic nitrogens is 4. The molecule has 0 aliphatic heterocycles. The molecule has 0 bridgehead atoms. The van der Waals surface area contributed by atoms with E-state index in [0.29, 0.717) is 11.7 Å². The molecule has 0 amide bonds. The van der Waals surface area contributed by atoms with Crippen LogP contribution < -0.4 is 15.2 Å². The van der Waals surface area contributed by atoms with Crippen molar-refractivity contribution in [2.24, 2.45) is 0 Å². The Bertz CT molecular complexity index is 574. The first-order valence-corrected chi connectivity index (χ1v) is 5.77. The lowest BCUT2D eigenvalue weighted by Crippen LogP contribution is -2.11. The molecule has 0 aliphatic rings. The second kappa shape index (κ2) is 5.47. The number of anilines is 1. The fourth-order valence-corrected chi connectivity index (χ4v) is 1.42. The summed E-state index contributed by atoms with van der Waals surface area (Å²) in [5.41, 5.74) is 6.39. The van der Waals surface area contributed by atoms with Crippen molar-refractivity contribution in [1.82, 2.24) is 19.9 Å². The third-order valence-electron chi connectivity index (χ3n) is 2.18. The van der Waals surface area contributed by atoms with Gasteiger partial charge in [-0.1, -0.05) is 0 Å². The highest BCUT2D eigenvalue weighted by atomic mass is 16.5. The van der Waals surface area contributed by atoms with Crippen molar-refractivity contribution >= 4 is 5.95 Å². The molecule has 7 nitrogen and oxygen atoms in total. The van der Waals surface area contributed by atoms with Gasteiger partial charge in [0, 0.05) is 17.8 Å². The van der Waals surface area contributed by atoms with Crippen LogP contribution in [0.2, 0.25) is 0 Å². The van der Waals surface area contributed by atoms with E-state index in [1.54, 1.807) is 25.4 Å². The lowest BCUT2D eigenvalue weighted by atomic mass is 10.2. The largest absolute Gasteiger partial charge is 0.481 e. The van der Waals surface area contributed by atoms with Gasteiger partial charge in [0.2, 0.25) is 11.8 Å². The summed E-state index contributed by atoms with van der Waals surface area (Å²) in [5.74, 6) is 1.00. The molecule has 0 saturated heterocycles. The number of methoxy groups -OCH3 is 1. The first kappa shape index (κ1) is 13.0. The Labute approximate surface area is 110 Å². The van der Waals surface area contributed by atoms with Crippen LogP contribution in [-0.4, -0.2) is 33.1 Å². The van der Waals surface area contributed by atoms with E-state index in [9.17, 15) is 0 Å². The standard InChI is InChI=1S/C12H15N5O2/c1-7(2)19-12-16-10(15-11(13)17-12)8-4-5-14-9(6-8)18-3/h4-7H,1-3H3,(H2,13,15,16,17). The van der Waals surface area contributed by atoms with Crippen molar-refractivity contribution in [3.05, 3.63) is 18.3 Å². The highest BCUT2D eigenvalue weighted by Crippen LogP contribution is 2.20. The fourth-order valence-electron chi connectivity index (χ4n) is 1.42. The van der Waals surface area contributed by atoms with Gasteiger partial charge in [0.25, 0.3) is 0 Å². The number of hydrogen-bond donors (Lipinski definition) is 1. The number of ether oxygens (including phenoxy) is 2. The van der Waals surface area contributed by atoms with Gasteiger partial charge in [-0.3, -0.25) is 0 Å². The molecule has 100 valence electrons. The van der Waals surface area contributed by atoms with Gasteiger partial charge in [-0.2, -0.15) is 15.0 Å². The number of nitrogens with two attached hydrogens (primary N) is 1. The van der Waals surface area contributed by atoms with Gasteiger partial charge in [0.1, 0.15) is 0 Å². The van der Waals surface area contributed by atoms with E-state index < -0.39 is 0 Å². The first-order chi connectivity index (χ1) is 9.08. The average molecular weight is 261 g/mol. The predicted molar refractivity (Wildman–Crippen MR) is 69.8 cm³/mol. The Hall–Kier alpha value is -2.44. The minimum absolute atomic E-state index is 0.0402. The van der Waals surface area contributed by atoms with Gasteiger partial charge < -0.3 is 15.2 Å². The molecule has 2 N–H and O–H groups in total. The first-order valence-electron chi connectivity index (χ1n) is 5.77. The third-order valence-corrected chi connectivity index (χ3v) is 2.18. The third kappa shape index (κ3) is 3.27. The summed E-state index contributed by atoms with van der Waals surface area (Å²) in [6.07, 6.45) is 1.57. The monoisotopic (exact) mass is 261 g/mol. The van der Waals surface area contributed by atoms with Gasteiger partial charge >= 0.3 is 6.01 Å². The molecule has 19 heavy (non-hydrogen) atoms. The van der Waals surface area contributed by atoms with Gasteiger partial charge in [-0.25, -0.2) is 4.98 Å². The Balaban J connectivity index is 2.40. The SMILES string of the molecule is COc1cc(-c2nc(N)nc(OC(C)C)n2)ccn1. The van der Waals surface area contributed by atoms with Crippen LogP contribution in [0.5, 0.6) is 11.9 Å². The van der Waals surface area contributed by atoms with E-state index in [4.69, 9.17) is 15.2 Å². The number of hydrogen-bond acceptors (Lipinski definition) is 7. The van der Waals surface area contributed by atoms with Crippen molar-refractivity contribution < 1.29 is 9.47 Å². The molecule has 0 radical (unpaired) electrons. The Morgan fingerprint density at radius 3 is 2.68 bits per heavy atom. The summed E-state index contributed by atoms with van der Waals surface area (Å²) in [6.45, 7) is 3.77. The molecular formula is C12H15N5O2. The molecule has 2 rings (SSSR count). The summed E-state index contributed by atoms with van der Waals surface area (Å²) in [5, 5.41) is 0. The van der Waals surface area contributed by atoms with Crippen molar-refractivity contribution in [3.63, 3.8) is 0 Å². The average Bonchev–Trinajstić information content (AvgIpc) is 2.37. The van der Waals surface area contributed by atoms with Crippen molar-refractivity contribution in [2.45, 2.75) is 20.0 Å². The van der Waals surface area contributed by atoms with E-state index in [1.165, 1.54) is 0 Å². The maximum Gasteiger partial charge on any atom is 0.322 e. The molecule has 2 aromatic heterocycles. The summed E-state index contributed by atoms with van der Waals surface area (Å²) in [4.78, 5) is 16.2. The van der Waals surface area contributed by atoms with Gasteiger partial charge in [-0.05, 0) is 19.9 Å². The summed E-state index contributed by atoms with van der Waals surface area (Å²) in [7, 11) is 1.54. The highest BCUT2D eigenvalue weighted by Gasteiger charge is 2.10. The second-order valence-corrected chi connectivity index (χ2v) is 4.05.